The average Bonchev–Trinajstić information content (AvgIpc) is 2.78. The highest BCUT2D eigenvalue weighted by Crippen LogP contribution is 2.19. The fourth-order valence-corrected chi connectivity index (χ4v) is 2.69. The van der Waals surface area contributed by atoms with Crippen LogP contribution in [-0.4, -0.2) is 50.2 Å². The number of nitrogens with zero attached hydrogens (tertiary/aromatic N) is 1. The van der Waals surface area contributed by atoms with Crippen LogP contribution < -0.4 is 5.32 Å². The summed E-state index contributed by atoms with van der Waals surface area (Å²) in [4.78, 5) is 14.2. The largest absolute Gasteiger partial charge is 0.384 e. The lowest BCUT2D eigenvalue weighted by atomic mass is 10.0. The smallest absolute Gasteiger partial charge is 0.239 e. The number of carbonyl (C=O) groups excluding carboxylic acids is 1. The van der Waals surface area contributed by atoms with Crippen LogP contribution in [0.3, 0.4) is 0 Å². The Balaban J connectivity index is 1.81. The van der Waals surface area contributed by atoms with E-state index in [1.165, 1.54) is 12.8 Å². The molecule has 1 amide bonds. The van der Waals surface area contributed by atoms with E-state index in [2.05, 4.69) is 5.32 Å². The van der Waals surface area contributed by atoms with Crippen LogP contribution in [0.25, 0.3) is 0 Å². The summed E-state index contributed by atoms with van der Waals surface area (Å²) < 4.78 is 5.15. The number of hydrogen-bond acceptors (Lipinski definition) is 3. The molecule has 16 heavy (non-hydrogen) atoms. The number of rotatable bonds is 3. The topological polar surface area (TPSA) is 41.6 Å². The molecule has 2 fully saturated rings. The first kappa shape index (κ1) is 11.9. The summed E-state index contributed by atoms with van der Waals surface area (Å²) in [6.45, 7) is 3.56. The number of ether oxygens (including phenoxy) is 1. The van der Waals surface area contributed by atoms with Gasteiger partial charge in [-0.3, -0.25) is 4.79 Å². The molecule has 0 aromatic carbocycles. The van der Waals surface area contributed by atoms with Crippen molar-refractivity contribution in [2.45, 2.75) is 31.7 Å². The molecular weight excluding hydrogens is 204 g/mol. The van der Waals surface area contributed by atoms with Crippen molar-refractivity contribution < 1.29 is 9.53 Å². The van der Waals surface area contributed by atoms with Crippen molar-refractivity contribution in [2.24, 2.45) is 5.92 Å². The normalized spacial score (nSPS) is 30.7. The summed E-state index contributed by atoms with van der Waals surface area (Å²) in [6.07, 6.45) is 4.48. The minimum Gasteiger partial charge on any atom is -0.384 e. The molecule has 0 aromatic rings. The van der Waals surface area contributed by atoms with E-state index < -0.39 is 0 Å². The molecule has 2 atom stereocenters. The molecule has 0 bridgehead atoms. The second-order valence-electron chi connectivity index (χ2n) is 4.90. The number of nitrogens with one attached hydrogen (secondary N) is 1. The molecule has 2 aliphatic rings. The second-order valence-corrected chi connectivity index (χ2v) is 4.90. The Kier molecular flexibility index (Phi) is 4.18. The molecule has 92 valence electrons. The van der Waals surface area contributed by atoms with Gasteiger partial charge < -0.3 is 15.0 Å². The molecule has 0 aliphatic carbocycles. The zero-order chi connectivity index (χ0) is 11.4. The molecular formula is C12H22N2O2. The number of carbonyl (C=O) groups is 1. The Morgan fingerprint density at radius 2 is 2.31 bits per heavy atom. The van der Waals surface area contributed by atoms with Crippen molar-refractivity contribution >= 4 is 5.91 Å². The van der Waals surface area contributed by atoms with Gasteiger partial charge in [0.25, 0.3) is 0 Å². The van der Waals surface area contributed by atoms with Crippen molar-refractivity contribution in [1.82, 2.24) is 10.2 Å². The molecule has 0 radical (unpaired) electrons. The lowest BCUT2D eigenvalue weighted by molar-refractivity contribution is -0.133. The predicted octanol–water partition coefficient (Wildman–Crippen LogP) is 0.623. The summed E-state index contributed by atoms with van der Waals surface area (Å²) in [5.41, 5.74) is 0. The van der Waals surface area contributed by atoms with Crippen molar-refractivity contribution in [2.75, 3.05) is 33.4 Å². The Hall–Kier alpha value is -0.610. The van der Waals surface area contributed by atoms with Gasteiger partial charge in [0.05, 0.1) is 12.6 Å². The molecule has 0 unspecified atom stereocenters. The van der Waals surface area contributed by atoms with Crippen LogP contribution in [-0.2, 0) is 9.53 Å². The molecule has 0 saturated carbocycles. The predicted molar refractivity (Wildman–Crippen MR) is 62.2 cm³/mol. The van der Waals surface area contributed by atoms with Gasteiger partial charge in [-0.2, -0.15) is 0 Å². The van der Waals surface area contributed by atoms with Gasteiger partial charge in [-0.1, -0.05) is 6.42 Å². The summed E-state index contributed by atoms with van der Waals surface area (Å²) in [7, 11) is 1.73. The Bertz CT molecular complexity index is 239. The van der Waals surface area contributed by atoms with E-state index in [1.54, 1.807) is 7.11 Å². The first-order valence-electron chi connectivity index (χ1n) is 6.32. The van der Waals surface area contributed by atoms with E-state index in [1.807, 2.05) is 4.90 Å². The van der Waals surface area contributed by atoms with Gasteiger partial charge in [0.15, 0.2) is 0 Å². The number of methoxy groups -OCH3 is 1. The van der Waals surface area contributed by atoms with E-state index in [4.69, 9.17) is 4.74 Å². The van der Waals surface area contributed by atoms with Crippen molar-refractivity contribution in [1.29, 1.82) is 0 Å². The van der Waals surface area contributed by atoms with Gasteiger partial charge in [-0.15, -0.1) is 0 Å². The first-order chi connectivity index (χ1) is 7.81. The van der Waals surface area contributed by atoms with Gasteiger partial charge in [0.2, 0.25) is 5.91 Å². The Morgan fingerprint density at radius 3 is 3.00 bits per heavy atom. The molecule has 2 rings (SSSR count). The minimum absolute atomic E-state index is 0.0787. The third-order valence-corrected chi connectivity index (χ3v) is 3.61. The van der Waals surface area contributed by atoms with E-state index in [0.717, 1.165) is 39.1 Å². The maximum absolute atomic E-state index is 12.2. The van der Waals surface area contributed by atoms with Gasteiger partial charge in [-0.25, -0.2) is 0 Å². The van der Waals surface area contributed by atoms with Gasteiger partial charge in [-0.05, 0) is 25.8 Å². The molecule has 4 nitrogen and oxygen atoms in total. The van der Waals surface area contributed by atoms with Crippen LogP contribution in [0.15, 0.2) is 0 Å². The molecule has 2 saturated heterocycles. The quantitative estimate of drug-likeness (QED) is 0.767. The lowest BCUT2D eigenvalue weighted by Gasteiger charge is -2.27. The number of piperidine rings is 1. The monoisotopic (exact) mass is 226 g/mol. The Labute approximate surface area is 97.3 Å². The third-order valence-electron chi connectivity index (χ3n) is 3.61. The van der Waals surface area contributed by atoms with E-state index in [0.29, 0.717) is 11.8 Å². The number of hydrogen-bond donors (Lipinski definition) is 1. The van der Waals surface area contributed by atoms with Crippen molar-refractivity contribution in [3.8, 4) is 0 Å². The molecule has 0 spiro atoms. The van der Waals surface area contributed by atoms with Crippen LogP contribution in [0.5, 0.6) is 0 Å². The summed E-state index contributed by atoms with van der Waals surface area (Å²) in [5.74, 6) is 0.843. The van der Waals surface area contributed by atoms with E-state index in [9.17, 15) is 4.79 Å². The molecule has 2 aliphatic heterocycles. The molecule has 0 aromatic heterocycles. The van der Waals surface area contributed by atoms with Crippen LogP contribution >= 0.6 is 0 Å². The van der Waals surface area contributed by atoms with Crippen LogP contribution in [0.2, 0.25) is 0 Å². The highest BCUT2D eigenvalue weighted by atomic mass is 16.5. The van der Waals surface area contributed by atoms with E-state index >= 15 is 0 Å². The Morgan fingerprint density at radius 1 is 1.44 bits per heavy atom. The number of amides is 1. The van der Waals surface area contributed by atoms with Crippen LogP contribution in [0, 0.1) is 5.92 Å². The maximum atomic E-state index is 12.2. The third kappa shape index (κ3) is 2.74. The van der Waals surface area contributed by atoms with Crippen LogP contribution in [0.4, 0.5) is 0 Å². The van der Waals surface area contributed by atoms with Crippen LogP contribution in [0.1, 0.15) is 25.7 Å². The number of likely N-dealkylation sites (tertiary alicyclic amines) is 1. The highest BCUT2D eigenvalue weighted by molar-refractivity contribution is 5.82. The summed E-state index contributed by atoms with van der Waals surface area (Å²) >= 11 is 0. The highest BCUT2D eigenvalue weighted by Gasteiger charge is 2.31. The molecule has 4 heteroatoms. The maximum Gasteiger partial charge on any atom is 0.239 e. The lowest BCUT2D eigenvalue weighted by Crippen LogP contribution is -2.47. The summed E-state index contributed by atoms with van der Waals surface area (Å²) in [5, 5.41) is 3.32. The van der Waals surface area contributed by atoms with Gasteiger partial charge in [0, 0.05) is 26.1 Å². The van der Waals surface area contributed by atoms with Crippen molar-refractivity contribution in [3.63, 3.8) is 0 Å². The van der Waals surface area contributed by atoms with E-state index in [-0.39, 0.29) is 6.04 Å². The zero-order valence-electron chi connectivity index (χ0n) is 10.1. The fraction of sp³-hybridized carbons (Fsp3) is 0.917. The fourth-order valence-electron chi connectivity index (χ4n) is 2.69. The average molecular weight is 226 g/mol. The standard InChI is InChI=1S/C12H22N2O2/c1-16-9-10-5-7-14(8-10)12(15)11-4-2-3-6-13-11/h10-11,13H,2-9H2,1H3/t10-,11-/m0/s1. The van der Waals surface area contributed by atoms with Gasteiger partial charge in [0.1, 0.15) is 0 Å². The SMILES string of the molecule is COC[C@H]1CCN(C(=O)[C@@H]2CCCCN2)C1. The minimum atomic E-state index is 0.0787. The second kappa shape index (κ2) is 5.64. The summed E-state index contributed by atoms with van der Waals surface area (Å²) in [6, 6.07) is 0.0787. The molecule has 2 heterocycles. The zero-order valence-corrected chi connectivity index (χ0v) is 10.1. The first-order valence-corrected chi connectivity index (χ1v) is 6.32. The molecule has 1 N–H and O–H groups in total. The van der Waals surface area contributed by atoms with Crippen molar-refractivity contribution in [3.05, 3.63) is 0 Å². The van der Waals surface area contributed by atoms with Gasteiger partial charge >= 0.3 is 0 Å².